The molecule has 0 unspecified atom stereocenters. The predicted octanol–water partition coefficient (Wildman–Crippen LogP) is 1.21. The maximum absolute atomic E-state index is 12.5. The number of piperazine rings is 1. The summed E-state index contributed by atoms with van der Waals surface area (Å²) in [6.45, 7) is 3.85. The Balaban J connectivity index is 1.47. The molecule has 7 heteroatoms. The first kappa shape index (κ1) is 18.8. The van der Waals surface area contributed by atoms with Gasteiger partial charge in [0, 0.05) is 56.9 Å². The van der Waals surface area contributed by atoms with E-state index in [9.17, 15) is 9.59 Å². The number of nitrogens with one attached hydrogen (secondary N) is 1. The molecule has 0 radical (unpaired) electrons. The molecule has 7 nitrogen and oxygen atoms in total. The number of amides is 1. The van der Waals surface area contributed by atoms with Crippen molar-refractivity contribution in [2.24, 2.45) is 0 Å². The first-order valence-electron chi connectivity index (χ1n) is 8.99. The van der Waals surface area contributed by atoms with E-state index in [-0.39, 0.29) is 18.3 Å². The Kier molecular flexibility index (Phi) is 6.38. The highest BCUT2D eigenvalue weighted by Crippen LogP contribution is 2.16. The summed E-state index contributed by atoms with van der Waals surface area (Å²) in [5.41, 5.74) is 1.82. The molecule has 27 heavy (non-hydrogen) atoms. The number of hydrogen-bond acceptors (Lipinski definition) is 6. The summed E-state index contributed by atoms with van der Waals surface area (Å²) < 4.78 is 5.35. The second kappa shape index (κ2) is 9.14. The number of likely N-dealkylation sites (N-methyl/N-ethyl adjacent to an activating group) is 1. The lowest BCUT2D eigenvalue weighted by atomic mass is 10.1. The molecule has 0 saturated carbocycles. The number of rotatable bonds is 7. The molecule has 1 N–H and O–H groups in total. The Hall–Kier alpha value is -2.93. The molecule has 0 aliphatic carbocycles. The zero-order valence-electron chi connectivity index (χ0n) is 15.4. The molecule has 0 spiro atoms. The van der Waals surface area contributed by atoms with Gasteiger partial charge in [-0.25, -0.2) is 0 Å². The van der Waals surface area contributed by atoms with Crippen LogP contribution in [0.15, 0.2) is 48.8 Å². The van der Waals surface area contributed by atoms with Crippen molar-refractivity contribution in [1.29, 1.82) is 0 Å². The van der Waals surface area contributed by atoms with Crippen molar-refractivity contribution in [2.45, 2.75) is 0 Å². The van der Waals surface area contributed by atoms with Crippen LogP contribution in [0.1, 0.15) is 10.4 Å². The summed E-state index contributed by atoms with van der Waals surface area (Å²) in [5.74, 6) is 0.465. The monoisotopic (exact) mass is 368 g/mol. The standard InChI is InChI=1S/C20H24N4O3/c1-21-20(26)15-27-18-4-2-16(3-5-18)19(25)14-23-10-12-24(13-11-23)17-6-8-22-9-7-17/h2-9H,10-15H2,1H3,(H,21,26). The van der Waals surface area contributed by atoms with Crippen molar-refractivity contribution in [1.82, 2.24) is 15.2 Å². The average molecular weight is 368 g/mol. The summed E-state index contributed by atoms with van der Waals surface area (Å²) >= 11 is 0. The molecule has 0 atom stereocenters. The van der Waals surface area contributed by atoms with Crippen molar-refractivity contribution >= 4 is 17.4 Å². The largest absolute Gasteiger partial charge is 0.484 e. The minimum atomic E-state index is -0.193. The fraction of sp³-hybridized carbons (Fsp3) is 0.350. The summed E-state index contributed by atoms with van der Waals surface area (Å²) in [7, 11) is 1.56. The lowest BCUT2D eigenvalue weighted by Crippen LogP contribution is -2.48. The molecule has 2 aromatic rings. The third-order valence-corrected chi connectivity index (χ3v) is 4.59. The Morgan fingerprint density at radius 1 is 1.04 bits per heavy atom. The van der Waals surface area contributed by atoms with E-state index >= 15 is 0 Å². The van der Waals surface area contributed by atoms with Gasteiger partial charge in [0.2, 0.25) is 0 Å². The smallest absolute Gasteiger partial charge is 0.257 e. The summed E-state index contributed by atoms with van der Waals surface area (Å²) in [6.07, 6.45) is 3.60. The number of carbonyl (C=O) groups excluding carboxylic acids is 2. The molecule has 1 amide bonds. The third kappa shape index (κ3) is 5.27. The summed E-state index contributed by atoms with van der Waals surface area (Å²) in [4.78, 5) is 32.2. The normalized spacial score (nSPS) is 14.6. The van der Waals surface area contributed by atoms with Crippen LogP contribution >= 0.6 is 0 Å². The van der Waals surface area contributed by atoms with Crippen LogP contribution in [0.4, 0.5) is 5.69 Å². The highest BCUT2D eigenvalue weighted by atomic mass is 16.5. The first-order chi connectivity index (χ1) is 13.2. The highest BCUT2D eigenvalue weighted by Gasteiger charge is 2.19. The van der Waals surface area contributed by atoms with Crippen molar-refractivity contribution in [3.63, 3.8) is 0 Å². The number of anilines is 1. The summed E-state index contributed by atoms with van der Waals surface area (Å²) in [6, 6.07) is 10.9. The van der Waals surface area contributed by atoms with Crippen LogP contribution in [0.3, 0.4) is 0 Å². The molecule has 0 bridgehead atoms. The van der Waals surface area contributed by atoms with Gasteiger partial charge >= 0.3 is 0 Å². The quantitative estimate of drug-likeness (QED) is 0.741. The molecule has 1 fully saturated rings. The van der Waals surface area contributed by atoms with E-state index in [1.165, 1.54) is 5.69 Å². The van der Waals surface area contributed by atoms with Crippen LogP contribution in [0, 0.1) is 0 Å². The van der Waals surface area contributed by atoms with Gasteiger partial charge in [0.25, 0.3) is 5.91 Å². The highest BCUT2D eigenvalue weighted by molar-refractivity contribution is 5.97. The number of Topliss-reactive ketones (excluding diaryl/α,β-unsaturated/α-hetero) is 1. The zero-order chi connectivity index (χ0) is 19.1. The molecular weight excluding hydrogens is 344 g/mol. The first-order valence-corrected chi connectivity index (χ1v) is 8.99. The van der Waals surface area contributed by atoms with Crippen LogP contribution in [0.5, 0.6) is 5.75 Å². The SMILES string of the molecule is CNC(=O)COc1ccc(C(=O)CN2CCN(c3ccncc3)CC2)cc1. The fourth-order valence-electron chi connectivity index (χ4n) is 2.97. The van der Waals surface area contributed by atoms with Crippen LogP contribution in [-0.2, 0) is 4.79 Å². The van der Waals surface area contributed by atoms with E-state index in [0.29, 0.717) is 17.9 Å². The number of nitrogens with zero attached hydrogens (tertiary/aromatic N) is 3. The van der Waals surface area contributed by atoms with Crippen molar-refractivity contribution in [3.05, 3.63) is 54.4 Å². The minimum absolute atomic E-state index is 0.0362. The van der Waals surface area contributed by atoms with Gasteiger partial charge in [-0.2, -0.15) is 0 Å². The van der Waals surface area contributed by atoms with E-state index in [4.69, 9.17) is 4.74 Å². The lowest BCUT2D eigenvalue weighted by molar-refractivity contribution is -0.122. The van der Waals surface area contributed by atoms with Gasteiger partial charge in [-0.3, -0.25) is 19.5 Å². The van der Waals surface area contributed by atoms with Crippen molar-refractivity contribution in [2.75, 3.05) is 51.3 Å². The van der Waals surface area contributed by atoms with Gasteiger partial charge in [0.05, 0.1) is 6.54 Å². The van der Waals surface area contributed by atoms with Crippen molar-refractivity contribution < 1.29 is 14.3 Å². The molecule has 1 saturated heterocycles. The Morgan fingerprint density at radius 2 is 1.70 bits per heavy atom. The maximum Gasteiger partial charge on any atom is 0.257 e. The topological polar surface area (TPSA) is 74.8 Å². The summed E-state index contributed by atoms with van der Waals surface area (Å²) in [5, 5.41) is 2.49. The molecule has 2 heterocycles. The Labute approximate surface area is 158 Å². The number of carbonyl (C=O) groups is 2. The van der Waals surface area contributed by atoms with Gasteiger partial charge in [-0.1, -0.05) is 0 Å². The lowest BCUT2D eigenvalue weighted by Gasteiger charge is -2.35. The van der Waals surface area contributed by atoms with Gasteiger partial charge in [-0.15, -0.1) is 0 Å². The molecule has 1 aromatic heterocycles. The minimum Gasteiger partial charge on any atom is -0.484 e. The number of pyridine rings is 1. The molecule has 1 aromatic carbocycles. The third-order valence-electron chi connectivity index (χ3n) is 4.59. The van der Waals surface area contributed by atoms with Crippen LogP contribution in [-0.4, -0.2) is 68.0 Å². The van der Waals surface area contributed by atoms with E-state index in [1.807, 2.05) is 12.1 Å². The second-order valence-corrected chi connectivity index (χ2v) is 6.38. The molecule has 1 aliphatic heterocycles. The van der Waals surface area contributed by atoms with Crippen LogP contribution < -0.4 is 15.0 Å². The van der Waals surface area contributed by atoms with E-state index in [0.717, 1.165) is 26.2 Å². The molecule has 142 valence electrons. The predicted molar refractivity (Wildman–Crippen MR) is 103 cm³/mol. The number of ketones is 1. The van der Waals surface area contributed by atoms with Gasteiger partial charge in [0.1, 0.15) is 5.75 Å². The van der Waals surface area contributed by atoms with Crippen LogP contribution in [0.25, 0.3) is 0 Å². The number of ether oxygens (including phenoxy) is 1. The molecular formula is C20H24N4O3. The number of hydrogen-bond donors (Lipinski definition) is 1. The second-order valence-electron chi connectivity index (χ2n) is 6.38. The maximum atomic E-state index is 12.5. The fourth-order valence-corrected chi connectivity index (χ4v) is 2.97. The van der Waals surface area contributed by atoms with E-state index in [2.05, 4.69) is 20.1 Å². The molecule has 3 rings (SSSR count). The number of aromatic nitrogens is 1. The van der Waals surface area contributed by atoms with Crippen LogP contribution in [0.2, 0.25) is 0 Å². The zero-order valence-corrected chi connectivity index (χ0v) is 15.4. The Morgan fingerprint density at radius 3 is 2.33 bits per heavy atom. The number of benzene rings is 1. The van der Waals surface area contributed by atoms with Gasteiger partial charge < -0.3 is 15.0 Å². The Bertz CT molecular complexity index is 757. The van der Waals surface area contributed by atoms with E-state index < -0.39 is 0 Å². The van der Waals surface area contributed by atoms with E-state index in [1.54, 1.807) is 43.7 Å². The average Bonchev–Trinajstić information content (AvgIpc) is 2.73. The van der Waals surface area contributed by atoms with Gasteiger partial charge in [-0.05, 0) is 36.4 Å². The molecule has 1 aliphatic rings. The van der Waals surface area contributed by atoms with Gasteiger partial charge in [0.15, 0.2) is 12.4 Å². The van der Waals surface area contributed by atoms with Crippen molar-refractivity contribution in [3.8, 4) is 5.75 Å².